The SMILES string of the molecule is CC(C)C1c2[nH]nc(N)c2CCN1C1CC1. The predicted octanol–water partition coefficient (Wildman–Crippen LogP) is 1.71. The fourth-order valence-electron chi connectivity index (χ4n) is 2.98. The molecular weight excluding hydrogens is 200 g/mol. The molecule has 2 aliphatic rings. The zero-order valence-electron chi connectivity index (χ0n) is 10.0. The van der Waals surface area contributed by atoms with Crippen LogP contribution in [-0.2, 0) is 6.42 Å². The van der Waals surface area contributed by atoms with Gasteiger partial charge in [-0.3, -0.25) is 10.00 Å². The molecule has 4 heteroatoms. The quantitative estimate of drug-likeness (QED) is 0.797. The Morgan fingerprint density at radius 2 is 2.19 bits per heavy atom. The van der Waals surface area contributed by atoms with Crippen LogP contribution in [0.5, 0.6) is 0 Å². The second-order valence-corrected chi connectivity index (χ2v) is 5.41. The molecule has 3 rings (SSSR count). The highest BCUT2D eigenvalue weighted by Gasteiger charge is 2.40. The number of anilines is 1. The molecule has 3 N–H and O–H groups in total. The van der Waals surface area contributed by atoms with Crippen molar-refractivity contribution in [3.63, 3.8) is 0 Å². The van der Waals surface area contributed by atoms with E-state index in [4.69, 9.17) is 5.73 Å². The van der Waals surface area contributed by atoms with Crippen LogP contribution in [0, 0.1) is 5.92 Å². The van der Waals surface area contributed by atoms with E-state index in [-0.39, 0.29) is 0 Å². The minimum Gasteiger partial charge on any atom is -0.382 e. The Hall–Kier alpha value is -1.03. The van der Waals surface area contributed by atoms with Crippen LogP contribution in [0.4, 0.5) is 5.82 Å². The Labute approximate surface area is 96.2 Å². The molecule has 4 nitrogen and oxygen atoms in total. The molecule has 0 radical (unpaired) electrons. The van der Waals surface area contributed by atoms with Crippen LogP contribution < -0.4 is 5.73 Å². The predicted molar refractivity (Wildman–Crippen MR) is 64.0 cm³/mol. The minimum atomic E-state index is 0.487. The molecule has 0 spiro atoms. The lowest BCUT2D eigenvalue weighted by Gasteiger charge is -2.38. The molecule has 0 amide bonds. The first kappa shape index (κ1) is 10.1. The van der Waals surface area contributed by atoms with E-state index in [1.54, 1.807) is 0 Å². The summed E-state index contributed by atoms with van der Waals surface area (Å²) in [6.07, 6.45) is 3.78. The molecule has 1 fully saturated rings. The Morgan fingerprint density at radius 1 is 1.44 bits per heavy atom. The van der Waals surface area contributed by atoms with Gasteiger partial charge in [-0.15, -0.1) is 0 Å². The van der Waals surface area contributed by atoms with Gasteiger partial charge in [-0.05, 0) is 25.2 Å². The summed E-state index contributed by atoms with van der Waals surface area (Å²) in [5.41, 5.74) is 8.43. The number of nitrogens with zero attached hydrogens (tertiary/aromatic N) is 2. The molecule has 1 atom stereocenters. The van der Waals surface area contributed by atoms with Gasteiger partial charge in [-0.25, -0.2) is 0 Å². The Bertz CT molecular complexity index is 392. The molecule has 0 saturated heterocycles. The topological polar surface area (TPSA) is 57.9 Å². The van der Waals surface area contributed by atoms with Crippen LogP contribution in [0.15, 0.2) is 0 Å². The molecule has 1 saturated carbocycles. The summed E-state index contributed by atoms with van der Waals surface area (Å²) in [7, 11) is 0. The normalized spacial score (nSPS) is 26.1. The number of nitrogen functional groups attached to an aromatic ring is 1. The summed E-state index contributed by atoms with van der Waals surface area (Å²) in [4.78, 5) is 2.64. The molecule has 0 bridgehead atoms. The lowest BCUT2D eigenvalue weighted by Crippen LogP contribution is -2.39. The van der Waals surface area contributed by atoms with Crippen molar-refractivity contribution < 1.29 is 0 Å². The number of nitrogens with two attached hydrogens (primary N) is 1. The van der Waals surface area contributed by atoms with Crippen molar-refractivity contribution in [2.75, 3.05) is 12.3 Å². The van der Waals surface area contributed by atoms with Gasteiger partial charge >= 0.3 is 0 Å². The van der Waals surface area contributed by atoms with Crippen molar-refractivity contribution in [1.29, 1.82) is 0 Å². The van der Waals surface area contributed by atoms with Crippen LogP contribution in [0.2, 0.25) is 0 Å². The third-order valence-corrected chi connectivity index (χ3v) is 3.85. The average molecular weight is 220 g/mol. The lowest BCUT2D eigenvalue weighted by molar-refractivity contribution is 0.131. The number of hydrogen-bond donors (Lipinski definition) is 2. The molecule has 1 aromatic rings. The van der Waals surface area contributed by atoms with E-state index in [0.29, 0.717) is 17.8 Å². The summed E-state index contributed by atoms with van der Waals surface area (Å²) in [5, 5.41) is 7.32. The maximum atomic E-state index is 5.90. The Kier molecular flexibility index (Phi) is 2.21. The summed E-state index contributed by atoms with van der Waals surface area (Å²) < 4.78 is 0. The second-order valence-electron chi connectivity index (χ2n) is 5.41. The molecule has 1 aliphatic heterocycles. The minimum absolute atomic E-state index is 0.487. The summed E-state index contributed by atoms with van der Waals surface area (Å²) in [5.74, 6) is 1.32. The molecule has 1 aromatic heterocycles. The molecule has 1 unspecified atom stereocenters. The third-order valence-electron chi connectivity index (χ3n) is 3.85. The first-order valence-electron chi connectivity index (χ1n) is 6.27. The van der Waals surface area contributed by atoms with E-state index in [2.05, 4.69) is 28.9 Å². The van der Waals surface area contributed by atoms with Gasteiger partial charge in [0, 0.05) is 18.2 Å². The van der Waals surface area contributed by atoms with Crippen LogP contribution in [-0.4, -0.2) is 27.7 Å². The number of fused-ring (bicyclic) bond motifs is 1. The smallest absolute Gasteiger partial charge is 0.148 e. The van der Waals surface area contributed by atoms with Gasteiger partial charge in [0.05, 0.1) is 11.7 Å². The summed E-state index contributed by atoms with van der Waals surface area (Å²) >= 11 is 0. The first-order chi connectivity index (χ1) is 7.68. The van der Waals surface area contributed by atoms with Gasteiger partial charge in [-0.2, -0.15) is 5.10 Å². The average Bonchev–Trinajstić information content (AvgIpc) is 3.03. The van der Waals surface area contributed by atoms with E-state index in [1.165, 1.54) is 24.1 Å². The van der Waals surface area contributed by atoms with E-state index < -0.39 is 0 Å². The van der Waals surface area contributed by atoms with Crippen LogP contribution in [0.25, 0.3) is 0 Å². The fourth-order valence-corrected chi connectivity index (χ4v) is 2.98. The maximum Gasteiger partial charge on any atom is 0.148 e. The van der Waals surface area contributed by atoms with Crippen molar-refractivity contribution in [2.45, 2.75) is 45.2 Å². The van der Waals surface area contributed by atoms with Gasteiger partial charge in [0.15, 0.2) is 0 Å². The maximum absolute atomic E-state index is 5.90. The number of hydrogen-bond acceptors (Lipinski definition) is 3. The third kappa shape index (κ3) is 1.44. The fraction of sp³-hybridized carbons (Fsp3) is 0.750. The van der Waals surface area contributed by atoms with Gasteiger partial charge in [0.1, 0.15) is 5.82 Å². The number of aromatic nitrogens is 2. The van der Waals surface area contributed by atoms with Crippen molar-refractivity contribution >= 4 is 5.82 Å². The van der Waals surface area contributed by atoms with Crippen molar-refractivity contribution in [3.05, 3.63) is 11.3 Å². The summed E-state index contributed by atoms with van der Waals surface area (Å²) in [6.45, 7) is 5.71. The van der Waals surface area contributed by atoms with Gasteiger partial charge < -0.3 is 5.73 Å². The zero-order chi connectivity index (χ0) is 11.3. The standard InChI is InChI=1S/C12H20N4/c1-7(2)11-10-9(12(13)15-14-10)5-6-16(11)8-3-4-8/h7-8,11H,3-6H2,1-2H3,(H3,13,14,15). The number of H-pyrrole nitrogens is 1. The number of rotatable bonds is 2. The zero-order valence-corrected chi connectivity index (χ0v) is 10.0. The first-order valence-corrected chi connectivity index (χ1v) is 6.27. The van der Waals surface area contributed by atoms with E-state index >= 15 is 0 Å². The van der Waals surface area contributed by atoms with Crippen molar-refractivity contribution in [3.8, 4) is 0 Å². The summed E-state index contributed by atoms with van der Waals surface area (Å²) in [6, 6.07) is 1.30. The molecular formula is C12H20N4. The van der Waals surface area contributed by atoms with E-state index in [0.717, 1.165) is 19.0 Å². The molecule has 16 heavy (non-hydrogen) atoms. The van der Waals surface area contributed by atoms with Gasteiger partial charge in [0.2, 0.25) is 0 Å². The van der Waals surface area contributed by atoms with E-state index in [9.17, 15) is 0 Å². The van der Waals surface area contributed by atoms with Gasteiger partial charge in [-0.1, -0.05) is 13.8 Å². The largest absolute Gasteiger partial charge is 0.382 e. The van der Waals surface area contributed by atoms with Gasteiger partial charge in [0.25, 0.3) is 0 Å². The van der Waals surface area contributed by atoms with E-state index in [1.807, 2.05) is 0 Å². The Morgan fingerprint density at radius 3 is 2.81 bits per heavy atom. The highest BCUT2D eigenvalue weighted by Crippen LogP contribution is 2.42. The second kappa shape index (κ2) is 3.48. The van der Waals surface area contributed by atoms with Crippen LogP contribution in [0.3, 0.4) is 0 Å². The lowest BCUT2D eigenvalue weighted by atomic mass is 9.91. The highest BCUT2D eigenvalue weighted by atomic mass is 15.3. The number of aromatic amines is 1. The molecule has 0 aromatic carbocycles. The molecule has 2 heterocycles. The molecule has 1 aliphatic carbocycles. The van der Waals surface area contributed by atoms with Crippen molar-refractivity contribution in [2.24, 2.45) is 5.92 Å². The molecule has 88 valence electrons. The van der Waals surface area contributed by atoms with Crippen LogP contribution >= 0.6 is 0 Å². The Balaban J connectivity index is 1.98. The van der Waals surface area contributed by atoms with Crippen LogP contribution in [0.1, 0.15) is 44.0 Å². The monoisotopic (exact) mass is 220 g/mol. The number of nitrogens with one attached hydrogen (secondary N) is 1. The highest BCUT2D eigenvalue weighted by molar-refractivity contribution is 5.45. The van der Waals surface area contributed by atoms with Crippen molar-refractivity contribution in [1.82, 2.24) is 15.1 Å².